The summed E-state index contributed by atoms with van der Waals surface area (Å²) in [6.07, 6.45) is 0. The van der Waals surface area contributed by atoms with Gasteiger partial charge in [-0.2, -0.15) is 0 Å². The number of thiophene rings is 1. The first kappa shape index (κ1) is 20.9. The molecule has 0 saturated heterocycles. The molecular weight excluding hydrogens is 388 g/mol. The van der Waals surface area contributed by atoms with Gasteiger partial charge in [-0.3, -0.25) is 9.59 Å². The number of hydrogen-bond acceptors (Lipinski definition) is 5. The zero-order valence-electron chi connectivity index (χ0n) is 15.8. The summed E-state index contributed by atoms with van der Waals surface area (Å²) < 4.78 is 5.14. The number of esters is 1. The molecule has 144 valence electrons. The van der Waals surface area contributed by atoms with Crippen LogP contribution in [0.2, 0.25) is 5.02 Å². The van der Waals surface area contributed by atoms with Crippen molar-refractivity contribution in [2.75, 3.05) is 17.2 Å². The van der Waals surface area contributed by atoms with Crippen molar-refractivity contribution in [3.63, 3.8) is 0 Å². The molecule has 6 nitrogen and oxygen atoms in total. The Bertz CT molecular complexity index is 898. The Labute approximate surface area is 166 Å². The van der Waals surface area contributed by atoms with Crippen LogP contribution in [0.1, 0.15) is 38.8 Å². The molecule has 1 aromatic heterocycles. The zero-order chi connectivity index (χ0) is 20.3. The van der Waals surface area contributed by atoms with E-state index in [0.29, 0.717) is 21.3 Å². The lowest BCUT2D eigenvalue weighted by Gasteiger charge is -2.12. The van der Waals surface area contributed by atoms with E-state index in [9.17, 15) is 14.4 Å². The minimum absolute atomic E-state index is 0.269. The van der Waals surface area contributed by atoms with E-state index in [1.54, 1.807) is 13.0 Å². The normalized spacial score (nSPS) is 10.4. The molecule has 8 heteroatoms. The van der Waals surface area contributed by atoms with Crippen molar-refractivity contribution in [3.05, 3.63) is 44.3 Å². The van der Waals surface area contributed by atoms with Crippen LogP contribution < -0.4 is 10.6 Å². The van der Waals surface area contributed by atoms with E-state index in [4.69, 9.17) is 16.3 Å². The molecule has 2 rings (SSSR count). The lowest BCUT2D eigenvalue weighted by Crippen LogP contribution is -2.22. The maximum Gasteiger partial charge on any atom is 0.341 e. The number of rotatable bonds is 5. The van der Waals surface area contributed by atoms with Gasteiger partial charge in [0, 0.05) is 11.8 Å². The van der Waals surface area contributed by atoms with E-state index in [-0.39, 0.29) is 11.5 Å². The lowest BCUT2D eigenvalue weighted by atomic mass is 10.1. The molecule has 2 N–H and O–H groups in total. The molecule has 0 bridgehead atoms. The molecule has 0 aliphatic heterocycles. The number of aryl methyl sites for hydroxylation is 3. The van der Waals surface area contributed by atoms with Crippen LogP contribution in [-0.2, 0) is 14.3 Å². The molecule has 0 aliphatic rings. The SMILES string of the molecule is CC(=O)Nc1sc(C)c(C)c1C(=O)OCC(=O)Nc1c(C)cc(C)cc1Cl. The average Bonchev–Trinajstić information content (AvgIpc) is 2.82. The number of benzene rings is 1. The van der Waals surface area contributed by atoms with E-state index < -0.39 is 18.5 Å². The fraction of sp³-hybridized carbons (Fsp3) is 0.316. The van der Waals surface area contributed by atoms with Gasteiger partial charge < -0.3 is 15.4 Å². The van der Waals surface area contributed by atoms with Crippen LogP contribution in [0.4, 0.5) is 10.7 Å². The number of carbonyl (C=O) groups excluding carboxylic acids is 3. The van der Waals surface area contributed by atoms with Crippen LogP contribution >= 0.6 is 22.9 Å². The summed E-state index contributed by atoms with van der Waals surface area (Å²) in [6, 6.07) is 3.64. The van der Waals surface area contributed by atoms with E-state index in [2.05, 4.69) is 10.6 Å². The lowest BCUT2D eigenvalue weighted by molar-refractivity contribution is -0.119. The average molecular weight is 409 g/mol. The molecule has 1 aromatic carbocycles. The molecule has 27 heavy (non-hydrogen) atoms. The largest absolute Gasteiger partial charge is 0.452 e. The second-order valence-electron chi connectivity index (χ2n) is 6.23. The van der Waals surface area contributed by atoms with Gasteiger partial charge in [0.2, 0.25) is 5.91 Å². The van der Waals surface area contributed by atoms with Gasteiger partial charge in [0.25, 0.3) is 5.91 Å². The monoisotopic (exact) mass is 408 g/mol. The first-order valence-corrected chi connectivity index (χ1v) is 9.41. The van der Waals surface area contributed by atoms with Gasteiger partial charge in [-0.05, 0) is 50.5 Å². The quantitative estimate of drug-likeness (QED) is 0.718. The van der Waals surface area contributed by atoms with E-state index >= 15 is 0 Å². The highest BCUT2D eigenvalue weighted by Crippen LogP contribution is 2.33. The van der Waals surface area contributed by atoms with Crippen molar-refractivity contribution in [1.29, 1.82) is 0 Å². The standard InChI is InChI=1S/C19H21ClN2O4S/c1-9-6-10(2)17(14(20)7-9)22-15(24)8-26-19(25)16-11(3)12(4)27-18(16)21-13(5)23/h6-7H,8H2,1-5H3,(H,21,23)(H,22,24). The van der Waals surface area contributed by atoms with Gasteiger partial charge in [-0.25, -0.2) is 4.79 Å². The summed E-state index contributed by atoms with van der Waals surface area (Å²) in [6.45, 7) is 8.25. The van der Waals surface area contributed by atoms with Crippen LogP contribution in [0.5, 0.6) is 0 Å². The molecule has 1 heterocycles. The van der Waals surface area contributed by atoms with Crippen LogP contribution in [0, 0.1) is 27.7 Å². The van der Waals surface area contributed by atoms with Gasteiger partial charge >= 0.3 is 5.97 Å². The second kappa shape index (κ2) is 8.54. The van der Waals surface area contributed by atoms with Gasteiger partial charge in [0.15, 0.2) is 6.61 Å². The van der Waals surface area contributed by atoms with Crippen molar-refractivity contribution in [1.82, 2.24) is 0 Å². The summed E-state index contributed by atoms with van der Waals surface area (Å²) in [7, 11) is 0. The van der Waals surface area contributed by atoms with Gasteiger partial charge in [-0.15, -0.1) is 11.3 Å². The van der Waals surface area contributed by atoms with E-state index in [1.165, 1.54) is 18.3 Å². The first-order valence-electron chi connectivity index (χ1n) is 8.21. The fourth-order valence-electron chi connectivity index (χ4n) is 2.57. The molecule has 0 radical (unpaired) electrons. The highest BCUT2D eigenvalue weighted by molar-refractivity contribution is 7.16. The smallest absolute Gasteiger partial charge is 0.341 e. The van der Waals surface area contributed by atoms with Crippen molar-refractivity contribution in [2.24, 2.45) is 0 Å². The van der Waals surface area contributed by atoms with Crippen molar-refractivity contribution in [2.45, 2.75) is 34.6 Å². The number of anilines is 2. The van der Waals surface area contributed by atoms with Gasteiger partial charge in [0.1, 0.15) is 5.00 Å². The first-order chi connectivity index (χ1) is 12.6. The molecule has 0 unspecified atom stereocenters. The molecule has 2 aromatic rings. The third-order valence-electron chi connectivity index (χ3n) is 3.91. The summed E-state index contributed by atoms with van der Waals surface area (Å²) in [5.41, 5.74) is 3.27. The van der Waals surface area contributed by atoms with Crippen molar-refractivity contribution >= 4 is 51.4 Å². The maximum atomic E-state index is 12.4. The number of nitrogens with one attached hydrogen (secondary N) is 2. The molecule has 0 aliphatic carbocycles. The molecule has 0 saturated carbocycles. The Morgan fingerprint density at radius 3 is 2.37 bits per heavy atom. The Kier molecular flexibility index (Phi) is 6.62. The minimum Gasteiger partial charge on any atom is -0.452 e. The number of amides is 2. The highest BCUT2D eigenvalue weighted by Gasteiger charge is 2.22. The maximum absolute atomic E-state index is 12.4. The Hall–Kier alpha value is -2.38. The predicted octanol–water partition coefficient (Wildman–Crippen LogP) is 4.39. The van der Waals surface area contributed by atoms with E-state index in [0.717, 1.165) is 16.0 Å². The number of carbonyl (C=O) groups is 3. The van der Waals surface area contributed by atoms with Crippen LogP contribution in [-0.4, -0.2) is 24.4 Å². The summed E-state index contributed by atoms with van der Waals surface area (Å²) in [5.74, 6) is -1.45. The molecule has 0 fully saturated rings. The summed E-state index contributed by atoms with van der Waals surface area (Å²) in [5, 5.41) is 6.13. The number of ether oxygens (including phenoxy) is 1. The van der Waals surface area contributed by atoms with Gasteiger partial charge in [-0.1, -0.05) is 17.7 Å². The molecule has 0 spiro atoms. The second-order valence-corrected chi connectivity index (χ2v) is 7.86. The molecule has 0 atom stereocenters. The Morgan fingerprint density at radius 2 is 1.78 bits per heavy atom. The van der Waals surface area contributed by atoms with Gasteiger partial charge in [0.05, 0.1) is 16.3 Å². The highest BCUT2D eigenvalue weighted by atomic mass is 35.5. The Morgan fingerprint density at radius 1 is 1.11 bits per heavy atom. The van der Waals surface area contributed by atoms with Crippen molar-refractivity contribution in [3.8, 4) is 0 Å². The fourth-order valence-corrected chi connectivity index (χ4v) is 4.04. The third-order valence-corrected chi connectivity index (χ3v) is 5.33. The topological polar surface area (TPSA) is 84.5 Å². The molecular formula is C19H21ClN2O4S. The van der Waals surface area contributed by atoms with Crippen molar-refractivity contribution < 1.29 is 19.1 Å². The predicted molar refractivity (Wildman–Crippen MR) is 108 cm³/mol. The molecule has 2 amide bonds. The van der Waals surface area contributed by atoms with Crippen LogP contribution in [0.25, 0.3) is 0 Å². The third kappa shape index (κ3) is 5.08. The number of hydrogen-bond donors (Lipinski definition) is 2. The summed E-state index contributed by atoms with van der Waals surface area (Å²) >= 11 is 7.46. The summed E-state index contributed by atoms with van der Waals surface area (Å²) in [4.78, 5) is 36.8. The van der Waals surface area contributed by atoms with E-state index in [1.807, 2.05) is 26.8 Å². The number of halogens is 1. The Balaban J connectivity index is 2.08. The zero-order valence-corrected chi connectivity index (χ0v) is 17.4. The van der Waals surface area contributed by atoms with Crippen LogP contribution in [0.15, 0.2) is 12.1 Å². The van der Waals surface area contributed by atoms with Crippen LogP contribution in [0.3, 0.4) is 0 Å². The minimum atomic E-state index is -0.664.